The van der Waals surface area contributed by atoms with Crippen molar-refractivity contribution in [2.24, 2.45) is 0 Å². The third-order valence-corrected chi connectivity index (χ3v) is 2.33. The third kappa shape index (κ3) is 5.06. The standard InChI is InChI=1S/C13H22N2O2/c1-13(2,16)9-15(3)8-10-5-11(14)7-12(6-10)17-4/h5-7,16H,8-9,14H2,1-4H3. The Labute approximate surface area is 103 Å². The van der Waals surface area contributed by atoms with Crippen molar-refractivity contribution in [2.45, 2.75) is 26.0 Å². The minimum atomic E-state index is -0.695. The molecule has 0 spiro atoms. The lowest BCUT2D eigenvalue weighted by molar-refractivity contribution is 0.0425. The van der Waals surface area contributed by atoms with E-state index >= 15 is 0 Å². The molecule has 0 saturated heterocycles. The number of ether oxygens (including phenoxy) is 1. The van der Waals surface area contributed by atoms with E-state index in [1.54, 1.807) is 27.0 Å². The Bertz CT molecular complexity index is 372. The maximum Gasteiger partial charge on any atom is 0.121 e. The van der Waals surface area contributed by atoms with Gasteiger partial charge in [-0.25, -0.2) is 0 Å². The van der Waals surface area contributed by atoms with Crippen LogP contribution in [0.4, 0.5) is 5.69 Å². The number of anilines is 1. The lowest BCUT2D eigenvalue weighted by Gasteiger charge is -2.25. The molecular weight excluding hydrogens is 216 g/mol. The maximum absolute atomic E-state index is 9.73. The van der Waals surface area contributed by atoms with Crippen molar-refractivity contribution in [1.29, 1.82) is 0 Å². The molecule has 0 heterocycles. The number of likely N-dealkylation sites (N-methyl/N-ethyl adjacent to an activating group) is 1. The monoisotopic (exact) mass is 238 g/mol. The van der Waals surface area contributed by atoms with Crippen molar-refractivity contribution < 1.29 is 9.84 Å². The third-order valence-electron chi connectivity index (χ3n) is 2.33. The molecule has 0 fully saturated rings. The van der Waals surface area contributed by atoms with E-state index in [2.05, 4.69) is 0 Å². The Morgan fingerprint density at radius 3 is 2.53 bits per heavy atom. The van der Waals surface area contributed by atoms with Crippen LogP contribution in [0.3, 0.4) is 0 Å². The SMILES string of the molecule is COc1cc(N)cc(CN(C)CC(C)(C)O)c1. The van der Waals surface area contributed by atoms with Crippen LogP contribution < -0.4 is 10.5 Å². The van der Waals surface area contributed by atoms with Gasteiger partial charge in [-0.1, -0.05) is 0 Å². The van der Waals surface area contributed by atoms with Crippen LogP contribution in [0.15, 0.2) is 18.2 Å². The first-order valence-corrected chi connectivity index (χ1v) is 5.64. The zero-order valence-corrected chi connectivity index (χ0v) is 11.0. The Kier molecular flexibility index (Phi) is 4.37. The summed E-state index contributed by atoms with van der Waals surface area (Å²) >= 11 is 0. The number of rotatable bonds is 5. The molecule has 0 aliphatic carbocycles. The first-order valence-electron chi connectivity index (χ1n) is 5.64. The van der Waals surface area contributed by atoms with Crippen molar-refractivity contribution in [1.82, 2.24) is 4.90 Å². The normalized spacial score (nSPS) is 11.9. The second-order valence-corrected chi connectivity index (χ2v) is 5.10. The van der Waals surface area contributed by atoms with Crippen LogP contribution in [0, 0.1) is 0 Å². The number of methoxy groups -OCH3 is 1. The number of nitrogens with two attached hydrogens (primary N) is 1. The molecule has 4 heteroatoms. The van der Waals surface area contributed by atoms with Gasteiger partial charge in [-0.15, -0.1) is 0 Å². The van der Waals surface area contributed by atoms with E-state index in [0.29, 0.717) is 12.2 Å². The number of hydrogen-bond acceptors (Lipinski definition) is 4. The lowest BCUT2D eigenvalue weighted by atomic mass is 10.1. The highest BCUT2D eigenvalue weighted by atomic mass is 16.5. The highest BCUT2D eigenvalue weighted by molar-refractivity contribution is 5.47. The van der Waals surface area contributed by atoms with Gasteiger partial charge in [0.25, 0.3) is 0 Å². The highest BCUT2D eigenvalue weighted by Crippen LogP contribution is 2.19. The molecule has 0 bridgehead atoms. The van der Waals surface area contributed by atoms with Crippen LogP contribution in [0.25, 0.3) is 0 Å². The largest absolute Gasteiger partial charge is 0.497 e. The molecule has 0 amide bonds. The van der Waals surface area contributed by atoms with E-state index in [0.717, 1.165) is 17.9 Å². The van der Waals surface area contributed by atoms with Gasteiger partial charge >= 0.3 is 0 Å². The summed E-state index contributed by atoms with van der Waals surface area (Å²) in [7, 11) is 3.59. The lowest BCUT2D eigenvalue weighted by Crippen LogP contribution is -2.35. The zero-order chi connectivity index (χ0) is 13.1. The van der Waals surface area contributed by atoms with E-state index in [4.69, 9.17) is 10.5 Å². The molecular formula is C13H22N2O2. The van der Waals surface area contributed by atoms with E-state index in [-0.39, 0.29) is 0 Å². The summed E-state index contributed by atoms with van der Waals surface area (Å²) in [5.74, 6) is 0.761. The molecule has 0 atom stereocenters. The summed E-state index contributed by atoms with van der Waals surface area (Å²) in [6.45, 7) is 4.92. The molecule has 96 valence electrons. The van der Waals surface area contributed by atoms with E-state index in [1.165, 1.54) is 0 Å². The highest BCUT2D eigenvalue weighted by Gasteiger charge is 2.15. The minimum absolute atomic E-state index is 0.601. The maximum atomic E-state index is 9.73. The van der Waals surface area contributed by atoms with E-state index < -0.39 is 5.60 Å². The number of hydrogen-bond donors (Lipinski definition) is 2. The molecule has 0 aliphatic heterocycles. The van der Waals surface area contributed by atoms with E-state index in [1.807, 2.05) is 24.1 Å². The first-order chi connectivity index (χ1) is 7.80. The summed E-state index contributed by atoms with van der Waals surface area (Å²) < 4.78 is 5.17. The van der Waals surface area contributed by atoms with Crippen molar-refractivity contribution in [3.05, 3.63) is 23.8 Å². The number of nitrogen functional groups attached to an aromatic ring is 1. The predicted molar refractivity (Wildman–Crippen MR) is 70.0 cm³/mol. The minimum Gasteiger partial charge on any atom is -0.497 e. The second-order valence-electron chi connectivity index (χ2n) is 5.10. The molecule has 1 aromatic carbocycles. The Morgan fingerprint density at radius 2 is 2.00 bits per heavy atom. The van der Waals surface area contributed by atoms with Crippen molar-refractivity contribution in [3.63, 3.8) is 0 Å². The number of aliphatic hydroxyl groups is 1. The fourth-order valence-electron chi connectivity index (χ4n) is 1.92. The summed E-state index contributed by atoms with van der Waals surface area (Å²) in [6.07, 6.45) is 0. The van der Waals surface area contributed by atoms with Gasteiger partial charge in [-0.05, 0) is 38.6 Å². The second kappa shape index (κ2) is 5.38. The molecule has 1 aromatic rings. The molecule has 0 aliphatic rings. The van der Waals surface area contributed by atoms with Crippen LogP contribution >= 0.6 is 0 Å². The summed E-state index contributed by atoms with van der Waals surface area (Å²) in [5, 5.41) is 9.73. The summed E-state index contributed by atoms with van der Waals surface area (Å²) in [6, 6.07) is 5.67. The molecule has 17 heavy (non-hydrogen) atoms. The van der Waals surface area contributed by atoms with Crippen molar-refractivity contribution in [3.8, 4) is 5.75 Å². The van der Waals surface area contributed by atoms with Gasteiger partial charge in [0, 0.05) is 24.8 Å². The van der Waals surface area contributed by atoms with Gasteiger partial charge in [0.1, 0.15) is 5.75 Å². The molecule has 0 aromatic heterocycles. The first kappa shape index (κ1) is 13.8. The fourth-order valence-corrected chi connectivity index (χ4v) is 1.92. The topological polar surface area (TPSA) is 58.7 Å². The average Bonchev–Trinajstić information content (AvgIpc) is 2.13. The van der Waals surface area contributed by atoms with Gasteiger partial charge in [0.15, 0.2) is 0 Å². The van der Waals surface area contributed by atoms with Crippen LogP contribution in [0.1, 0.15) is 19.4 Å². The molecule has 0 unspecified atom stereocenters. The van der Waals surface area contributed by atoms with Crippen LogP contribution in [-0.2, 0) is 6.54 Å². The fraction of sp³-hybridized carbons (Fsp3) is 0.538. The van der Waals surface area contributed by atoms with Gasteiger partial charge in [-0.3, -0.25) is 4.90 Å². The van der Waals surface area contributed by atoms with Crippen molar-refractivity contribution in [2.75, 3.05) is 26.4 Å². The van der Waals surface area contributed by atoms with Crippen molar-refractivity contribution >= 4 is 5.69 Å². The average molecular weight is 238 g/mol. The Morgan fingerprint density at radius 1 is 1.35 bits per heavy atom. The predicted octanol–water partition coefficient (Wildman–Crippen LogP) is 1.48. The smallest absolute Gasteiger partial charge is 0.121 e. The molecule has 1 rings (SSSR count). The van der Waals surface area contributed by atoms with Gasteiger partial charge in [0.05, 0.1) is 12.7 Å². The quantitative estimate of drug-likeness (QED) is 0.763. The number of benzene rings is 1. The molecule has 4 nitrogen and oxygen atoms in total. The van der Waals surface area contributed by atoms with Gasteiger partial charge < -0.3 is 15.6 Å². The molecule has 0 radical (unpaired) electrons. The van der Waals surface area contributed by atoms with Gasteiger partial charge in [0.2, 0.25) is 0 Å². The van der Waals surface area contributed by atoms with Crippen LogP contribution in [0.2, 0.25) is 0 Å². The molecule has 3 N–H and O–H groups in total. The Hall–Kier alpha value is -1.26. The van der Waals surface area contributed by atoms with Crippen LogP contribution in [-0.4, -0.2) is 36.3 Å². The summed E-state index contributed by atoms with van der Waals surface area (Å²) in [5.41, 5.74) is 6.86. The van der Waals surface area contributed by atoms with E-state index in [9.17, 15) is 5.11 Å². The van der Waals surface area contributed by atoms with Gasteiger partial charge in [-0.2, -0.15) is 0 Å². The summed E-state index contributed by atoms with van der Waals surface area (Å²) in [4.78, 5) is 2.05. The van der Waals surface area contributed by atoms with Crippen LogP contribution in [0.5, 0.6) is 5.75 Å². The zero-order valence-electron chi connectivity index (χ0n) is 11.0. The Balaban J connectivity index is 2.71. The molecule has 0 saturated carbocycles. The number of nitrogens with zero attached hydrogens (tertiary/aromatic N) is 1.